The molecule has 0 spiro atoms. The molecule has 1 fully saturated rings. The molecule has 0 unspecified atom stereocenters. The molecule has 24 heavy (non-hydrogen) atoms. The highest BCUT2D eigenvalue weighted by atomic mass is 16.5. The lowest BCUT2D eigenvalue weighted by atomic mass is 9.97. The maximum Gasteiger partial charge on any atom is 0.203 e. The number of likely N-dealkylation sites (tertiary alicyclic amines) is 1. The third-order valence-electron chi connectivity index (χ3n) is 5.28. The van der Waals surface area contributed by atoms with Crippen LogP contribution in [-0.4, -0.2) is 63.9 Å². The number of piperidine rings is 1. The van der Waals surface area contributed by atoms with Crippen LogP contribution in [0, 0.1) is 0 Å². The first-order valence-electron chi connectivity index (χ1n) is 9.02. The van der Waals surface area contributed by atoms with Crippen LogP contribution in [0.3, 0.4) is 0 Å². The second-order valence-corrected chi connectivity index (χ2v) is 6.71. The minimum Gasteiger partial charge on any atom is -0.493 e. The van der Waals surface area contributed by atoms with Crippen LogP contribution in [0.2, 0.25) is 0 Å². The fourth-order valence-corrected chi connectivity index (χ4v) is 3.93. The lowest BCUT2D eigenvalue weighted by molar-refractivity contribution is 0.172. The van der Waals surface area contributed by atoms with Crippen molar-refractivity contribution in [2.45, 2.75) is 32.2 Å². The summed E-state index contributed by atoms with van der Waals surface area (Å²) in [4.78, 5) is 5.15. The van der Waals surface area contributed by atoms with Crippen LogP contribution in [0.5, 0.6) is 17.2 Å². The quantitative estimate of drug-likeness (QED) is 0.799. The van der Waals surface area contributed by atoms with E-state index in [1.54, 1.807) is 21.3 Å². The van der Waals surface area contributed by atoms with Gasteiger partial charge in [-0.3, -0.25) is 4.90 Å². The third kappa shape index (κ3) is 3.62. The van der Waals surface area contributed by atoms with Gasteiger partial charge >= 0.3 is 0 Å². The fourth-order valence-electron chi connectivity index (χ4n) is 3.93. The zero-order valence-corrected chi connectivity index (χ0v) is 15.3. The second-order valence-electron chi connectivity index (χ2n) is 6.71. The lowest BCUT2D eigenvalue weighted by Crippen LogP contribution is -2.39. The SMILES string of the molecule is COc1cc2c(c(OC)c1OC)CCN(CCN1CCCCC1)C2. The minimum absolute atomic E-state index is 0.709. The van der Waals surface area contributed by atoms with E-state index in [0.29, 0.717) is 5.75 Å². The molecule has 5 nitrogen and oxygen atoms in total. The fraction of sp³-hybridized carbons (Fsp3) is 0.684. The van der Waals surface area contributed by atoms with Gasteiger partial charge < -0.3 is 19.1 Å². The van der Waals surface area contributed by atoms with Crippen LogP contribution in [0.25, 0.3) is 0 Å². The summed E-state index contributed by atoms with van der Waals surface area (Å²) in [5, 5.41) is 0. The van der Waals surface area contributed by atoms with Gasteiger partial charge in [-0.05, 0) is 44.0 Å². The van der Waals surface area contributed by atoms with Gasteiger partial charge in [0.2, 0.25) is 5.75 Å². The number of nitrogens with zero attached hydrogens (tertiary/aromatic N) is 2. The topological polar surface area (TPSA) is 34.2 Å². The summed E-state index contributed by atoms with van der Waals surface area (Å²) >= 11 is 0. The third-order valence-corrected chi connectivity index (χ3v) is 5.28. The normalized spacial score (nSPS) is 19.0. The number of rotatable bonds is 6. The van der Waals surface area contributed by atoms with E-state index in [9.17, 15) is 0 Å². The highest BCUT2D eigenvalue weighted by molar-refractivity contribution is 5.59. The Morgan fingerprint density at radius 1 is 0.833 bits per heavy atom. The number of benzene rings is 1. The van der Waals surface area contributed by atoms with Crippen molar-refractivity contribution in [3.05, 3.63) is 17.2 Å². The number of fused-ring (bicyclic) bond motifs is 1. The predicted molar refractivity (Wildman–Crippen MR) is 95.4 cm³/mol. The molecule has 0 aromatic heterocycles. The molecule has 0 radical (unpaired) electrons. The van der Waals surface area contributed by atoms with Crippen molar-refractivity contribution in [1.29, 1.82) is 0 Å². The molecule has 2 heterocycles. The van der Waals surface area contributed by atoms with Crippen molar-refractivity contribution in [3.8, 4) is 17.2 Å². The molecule has 5 heteroatoms. The molecule has 0 amide bonds. The Bertz CT molecular complexity index is 556. The number of hydrogen-bond donors (Lipinski definition) is 0. The smallest absolute Gasteiger partial charge is 0.203 e. The summed E-state index contributed by atoms with van der Waals surface area (Å²) in [5.41, 5.74) is 2.57. The van der Waals surface area contributed by atoms with Crippen LogP contribution in [0.1, 0.15) is 30.4 Å². The zero-order valence-electron chi connectivity index (χ0n) is 15.3. The van der Waals surface area contributed by atoms with Gasteiger partial charge in [0.05, 0.1) is 21.3 Å². The Morgan fingerprint density at radius 3 is 2.21 bits per heavy atom. The van der Waals surface area contributed by atoms with Crippen LogP contribution in [0.15, 0.2) is 6.07 Å². The first-order valence-corrected chi connectivity index (χ1v) is 9.02. The van der Waals surface area contributed by atoms with Gasteiger partial charge in [-0.15, -0.1) is 0 Å². The zero-order chi connectivity index (χ0) is 16.9. The Balaban J connectivity index is 1.70. The van der Waals surface area contributed by atoms with Crippen molar-refractivity contribution in [1.82, 2.24) is 9.80 Å². The summed E-state index contributed by atoms with van der Waals surface area (Å²) in [7, 11) is 5.06. The molecule has 2 aliphatic rings. The standard InChI is InChI=1S/C19H30N2O3/c1-22-17-13-15-14-21(12-11-20-8-5-4-6-9-20)10-7-16(15)18(23-2)19(17)24-3/h13H,4-12,14H2,1-3H3. The second kappa shape index (κ2) is 8.08. The summed E-state index contributed by atoms with van der Waals surface area (Å²) in [6, 6.07) is 2.11. The average Bonchev–Trinajstić information content (AvgIpc) is 2.65. The molecular weight excluding hydrogens is 304 g/mol. The van der Waals surface area contributed by atoms with Gasteiger partial charge in [-0.1, -0.05) is 6.42 Å². The van der Waals surface area contributed by atoms with Crippen molar-refractivity contribution < 1.29 is 14.2 Å². The van der Waals surface area contributed by atoms with Crippen molar-refractivity contribution >= 4 is 0 Å². The first kappa shape index (κ1) is 17.4. The molecule has 0 saturated carbocycles. The molecule has 1 aromatic rings. The summed E-state index contributed by atoms with van der Waals surface area (Å²) in [6.07, 6.45) is 5.11. The molecule has 0 aliphatic carbocycles. The number of methoxy groups -OCH3 is 3. The van der Waals surface area contributed by atoms with Gasteiger partial charge in [-0.2, -0.15) is 0 Å². The molecule has 3 rings (SSSR count). The predicted octanol–water partition coefficient (Wildman–Crippen LogP) is 2.56. The molecule has 134 valence electrons. The van der Waals surface area contributed by atoms with Crippen LogP contribution < -0.4 is 14.2 Å². The van der Waals surface area contributed by atoms with Crippen LogP contribution in [0.4, 0.5) is 0 Å². The van der Waals surface area contributed by atoms with Crippen molar-refractivity contribution in [2.75, 3.05) is 54.1 Å². The van der Waals surface area contributed by atoms with E-state index >= 15 is 0 Å². The van der Waals surface area contributed by atoms with Gasteiger partial charge in [0, 0.05) is 31.7 Å². The molecule has 2 aliphatic heterocycles. The Kier molecular flexibility index (Phi) is 5.85. The highest BCUT2D eigenvalue weighted by Gasteiger charge is 2.25. The van der Waals surface area contributed by atoms with Crippen molar-refractivity contribution in [2.24, 2.45) is 0 Å². The van der Waals surface area contributed by atoms with Gasteiger partial charge in [0.1, 0.15) is 0 Å². The molecular formula is C19H30N2O3. The van der Waals surface area contributed by atoms with Gasteiger partial charge in [0.15, 0.2) is 11.5 Å². The van der Waals surface area contributed by atoms with E-state index in [1.165, 1.54) is 50.0 Å². The molecule has 1 aromatic carbocycles. The monoisotopic (exact) mass is 334 g/mol. The van der Waals surface area contributed by atoms with E-state index in [4.69, 9.17) is 14.2 Å². The van der Waals surface area contributed by atoms with E-state index in [-0.39, 0.29) is 0 Å². The van der Waals surface area contributed by atoms with E-state index in [2.05, 4.69) is 15.9 Å². The van der Waals surface area contributed by atoms with E-state index in [1.807, 2.05) is 0 Å². The Morgan fingerprint density at radius 2 is 1.54 bits per heavy atom. The van der Waals surface area contributed by atoms with Crippen LogP contribution in [-0.2, 0) is 13.0 Å². The number of ether oxygens (including phenoxy) is 3. The Labute approximate surface area is 145 Å². The lowest BCUT2D eigenvalue weighted by Gasteiger charge is -2.33. The molecule has 0 atom stereocenters. The Hall–Kier alpha value is -1.46. The first-order chi connectivity index (χ1) is 11.8. The minimum atomic E-state index is 0.709. The summed E-state index contributed by atoms with van der Waals surface area (Å²) < 4.78 is 16.6. The molecule has 0 N–H and O–H groups in total. The maximum atomic E-state index is 5.64. The molecule has 0 bridgehead atoms. The number of hydrogen-bond acceptors (Lipinski definition) is 5. The van der Waals surface area contributed by atoms with Gasteiger partial charge in [-0.25, -0.2) is 0 Å². The summed E-state index contributed by atoms with van der Waals surface area (Å²) in [5.74, 6) is 2.30. The van der Waals surface area contributed by atoms with Crippen LogP contribution >= 0.6 is 0 Å². The highest BCUT2D eigenvalue weighted by Crippen LogP contribution is 2.43. The largest absolute Gasteiger partial charge is 0.493 e. The van der Waals surface area contributed by atoms with Crippen molar-refractivity contribution in [3.63, 3.8) is 0 Å². The molecule has 1 saturated heterocycles. The van der Waals surface area contributed by atoms with Gasteiger partial charge in [0.25, 0.3) is 0 Å². The maximum absolute atomic E-state index is 5.64. The van der Waals surface area contributed by atoms with E-state index < -0.39 is 0 Å². The van der Waals surface area contributed by atoms with E-state index in [0.717, 1.165) is 37.6 Å². The average molecular weight is 334 g/mol. The summed E-state index contributed by atoms with van der Waals surface area (Å²) in [6.45, 7) is 6.88.